The van der Waals surface area contributed by atoms with E-state index in [2.05, 4.69) is 21.2 Å². The second-order valence-electron chi connectivity index (χ2n) is 5.34. The Hall–Kier alpha value is -2.34. The quantitative estimate of drug-likeness (QED) is 0.707. The number of primary amides is 1. The highest BCUT2D eigenvalue weighted by Gasteiger charge is 2.10. The number of halogens is 1. The standard InChI is InChI=1S/C18H19BrN2O3/c1-12-8-9-16(14(19)11-12)24-10-4-7-17(22)21-15-6-3-2-5-13(15)18(20)23/h2-3,5-6,8-9,11H,4,7,10H2,1H3,(H2,20,23)(H,21,22). The van der Waals surface area contributed by atoms with Crippen molar-refractivity contribution in [3.63, 3.8) is 0 Å². The van der Waals surface area contributed by atoms with Gasteiger partial charge in [-0.3, -0.25) is 9.59 Å². The van der Waals surface area contributed by atoms with E-state index < -0.39 is 5.91 Å². The molecule has 0 unspecified atom stereocenters. The highest BCUT2D eigenvalue weighted by Crippen LogP contribution is 2.25. The number of hydrogen-bond acceptors (Lipinski definition) is 3. The summed E-state index contributed by atoms with van der Waals surface area (Å²) in [5.41, 5.74) is 7.15. The number of benzene rings is 2. The largest absolute Gasteiger partial charge is 0.492 e. The molecule has 3 N–H and O–H groups in total. The van der Waals surface area contributed by atoms with Crippen LogP contribution in [-0.4, -0.2) is 18.4 Å². The highest BCUT2D eigenvalue weighted by atomic mass is 79.9. The summed E-state index contributed by atoms with van der Waals surface area (Å²) < 4.78 is 6.54. The molecule has 0 saturated heterocycles. The van der Waals surface area contributed by atoms with Gasteiger partial charge in [-0.05, 0) is 59.1 Å². The van der Waals surface area contributed by atoms with Crippen LogP contribution in [0.25, 0.3) is 0 Å². The number of anilines is 1. The fourth-order valence-corrected chi connectivity index (χ4v) is 2.77. The Bertz CT molecular complexity index is 747. The van der Waals surface area contributed by atoms with Crippen molar-refractivity contribution in [1.82, 2.24) is 0 Å². The lowest BCUT2D eigenvalue weighted by atomic mass is 10.1. The van der Waals surface area contributed by atoms with Crippen LogP contribution < -0.4 is 15.8 Å². The van der Waals surface area contributed by atoms with Crippen LogP contribution >= 0.6 is 15.9 Å². The molecule has 126 valence electrons. The number of nitrogens with one attached hydrogen (secondary N) is 1. The van der Waals surface area contributed by atoms with E-state index >= 15 is 0 Å². The zero-order chi connectivity index (χ0) is 17.5. The Labute approximate surface area is 149 Å². The summed E-state index contributed by atoms with van der Waals surface area (Å²) >= 11 is 3.45. The molecule has 0 aliphatic heterocycles. The van der Waals surface area contributed by atoms with Gasteiger partial charge >= 0.3 is 0 Å². The van der Waals surface area contributed by atoms with Gasteiger partial charge in [-0.2, -0.15) is 0 Å². The van der Waals surface area contributed by atoms with Gasteiger partial charge in [-0.25, -0.2) is 0 Å². The van der Waals surface area contributed by atoms with Gasteiger partial charge in [0.2, 0.25) is 5.91 Å². The lowest BCUT2D eigenvalue weighted by molar-refractivity contribution is -0.116. The van der Waals surface area contributed by atoms with Gasteiger partial charge in [-0.1, -0.05) is 18.2 Å². The predicted molar refractivity (Wildman–Crippen MR) is 97.2 cm³/mol. The summed E-state index contributed by atoms with van der Waals surface area (Å²) in [6.45, 7) is 2.43. The van der Waals surface area contributed by atoms with Crippen molar-refractivity contribution >= 4 is 33.4 Å². The van der Waals surface area contributed by atoms with E-state index in [1.807, 2.05) is 25.1 Å². The predicted octanol–water partition coefficient (Wildman–Crippen LogP) is 3.65. The number of hydrogen-bond donors (Lipinski definition) is 2. The third-order valence-electron chi connectivity index (χ3n) is 3.36. The average Bonchev–Trinajstić information content (AvgIpc) is 2.53. The number of amides is 2. The van der Waals surface area contributed by atoms with E-state index in [1.165, 1.54) is 0 Å². The fraction of sp³-hybridized carbons (Fsp3) is 0.222. The number of carbonyl (C=O) groups is 2. The van der Waals surface area contributed by atoms with Crippen LogP contribution in [0.4, 0.5) is 5.69 Å². The number of carbonyl (C=O) groups excluding carboxylic acids is 2. The van der Waals surface area contributed by atoms with Crippen LogP contribution in [0.1, 0.15) is 28.8 Å². The molecule has 0 saturated carbocycles. The van der Waals surface area contributed by atoms with Gasteiger partial charge in [0.25, 0.3) is 5.91 Å². The van der Waals surface area contributed by atoms with Crippen molar-refractivity contribution in [1.29, 1.82) is 0 Å². The molecule has 2 rings (SSSR count). The number of nitrogens with two attached hydrogens (primary N) is 1. The Morgan fingerprint density at radius 2 is 1.96 bits per heavy atom. The first-order valence-corrected chi connectivity index (χ1v) is 8.34. The summed E-state index contributed by atoms with van der Waals surface area (Å²) in [6.07, 6.45) is 0.849. The van der Waals surface area contributed by atoms with E-state index in [9.17, 15) is 9.59 Å². The summed E-state index contributed by atoms with van der Waals surface area (Å²) in [6, 6.07) is 12.5. The lowest BCUT2D eigenvalue weighted by Gasteiger charge is -2.10. The second-order valence-corrected chi connectivity index (χ2v) is 6.20. The normalized spacial score (nSPS) is 10.2. The maximum absolute atomic E-state index is 12.0. The van der Waals surface area contributed by atoms with Gasteiger partial charge in [0.1, 0.15) is 5.75 Å². The van der Waals surface area contributed by atoms with Crippen LogP contribution in [0.5, 0.6) is 5.75 Å². The minimum atomic E-state index is -0.571. The Balaban J connectivity index is 1.81. The molecule has 2 aromatic carbocycles. The van der Waals surface area contributed by atoms with E-state index in [-0.39, 0.29) is 12.3 Å². The van der Waals surface area contributed by atoms with Crippen LogP contribution in [0.3, 0.4) is 0 Å². The van der Waals surface area contributed by atoms with Crippen molar-refractivity contribution < 1.29 is 14.3 Å². The molecule has 0 heterocycles. The molecule has 6 heteroatoms. The van der Waals surface area contributed by atoms with Crippen molar-refractivity contribution in [2.45, 2.75) is 19.8 Å². The third-order valence-corrected chi connectivity index (χ3v) is 3.98. The van der Waals surface area contributed by atoms with Gasteiger partial charge in [0.05, 0.1) is 22.3 Å². The van der Waals surface area contributed by atoms with Crippen molar-refractivity contribution in [2.75, 3.05) is 11.9 Å². The highest BCUT2D eigenvalue weighted by molar-refractivity contribution is 9.10. The first-order valence-electron chi connectivity index (χ1n) is 7.55. The molecular weight excluding hydrogens is 372 g/mol. The summed E-state index contributed by atoms with van der Waals surface area (Å²) in [7, 11) is 0. The second kappa shape index (κ2) is 8.49. The maximum atomic E-state index is 12.0. The molecule has 2 amide bonds. The van der Waals surface area contributed by atoms with Crippen LogP contribution in [-0.2, 0) is 4.79 Å². The molecule has 0 spiro atoms. The topological polar surface area (TPSA) is 81.4 Å². The molecule has 2 aromatic rings. The first-order chi connectivity index (χ1) is 11.5. The van der Waals surface area contributed by atoms with E-state index in [1.54, 1.807) is 24.3 Å². The Morgan fingerprint density at radius 3 is 2.67 bits per heavy atom. The van der Waals surface area contributed by atoms with Crippen molar-refractivity contribution in [2.24, 2.45) is 5.73 Å². The minimum Gasteiger partial charge on any atom is -0.492 e. The number of ether oxygens (including phenoxy) is 1. The van der Waals surface area contributed by atoms with E-state index in [0.717, 1.165) is 15.8 Å². The third kappa shape index (κ3) is 5.09. The molecule has 0 radical (unpaired) electrons. The molecule has 0 aromatic heterocycles. The molecule has 0 aliphatic rings. The van der Waals surface area contributed by atoms with Gasteiger partial charge in [0, 0.05) is 6.42 Å². The van der Waals surface area contributed by atoms with Gasteiger partial charge in [0.15, 0.2) is 0 Å². The Kier molecular flexibility index (Phi) is 6.37. The molecule has 5 nitrogen and oxygen atoms in total. The monoisotopic (exact) mass is 390 g/mol. The zero-order valence-corrected chi connectivity index (χ0v) is 14.9. The fourth-order valence-electron chi connectivity index (χ4n) is 2.16. The first kappa shape index (κ1) is 18.0. The smallest absolute Gasteiger partial charge is 0.250 e. The number of para-hydroxylation sites is 1. The maximum Gasteiger partial charge on any atom is 0.250 e. The van der Waals surface area contributed by atoms with Gasteiger partial charge in [-0.15, -0.1) is 0 Å². The number of aryl methyl sites for hydroxylation is 1. The molecule has 24 heavy (non-hydrogen) atoms. The molecule has 0 fully saturated rings. The van der Waals surface area contributed by atoms with Crippen LogP contribution in [0.15, 0.2) is 46.9 Å². The molecular formula is C18H19BrN2O3. The van der Waals surface area contributed by atoms with E-state index in [0.29, 0.717) is 24.3 Å². The van der Waals surface area contributed by atoms with Crippen LogP contribution in [0, 0.1) is 6.92 Å². The van der Waals surface area contributed by atoms with Crippen molar-refractivity contribution in [3.05, 3.63) is 58.1 Å². The molecule has 0 atom stereocenters. The lowest BCUT2D eigenvalue weighted by Crippen LogP contribution is -2.18. The SMILES string of the molecule is Cc1ccc(OCCCC(=O)Nc2ccccc2C(N)=O)c(Br)c1. The summed E-state index contributed by atoms with van der Waals surface area (Å²) in [5.74, 6) is -0.00573. The van der Waals surface area contributed by atoms with Crippen LogP contribution in [0.2, 0.25) is 0 Å². The van der Waals surface area contributed by atoms with Gasteiger partial charge < -0.3 is 15.8 Å². The Morgan fingerprint density at radius 1 is 1.21 bits per heavy atom. The zero-order valence-electron chi connectivity index (χ0n) is 13.3. The molecule has 0 aliphatic carbocycles. The van der Waals surface area contributed by atoms with Crippen molar-refractivity contribution in [3.8, 4) is 5.75 Å². The average molecular weight is 391 g/mol. The molecule has 0 bridgehead atoms. The summed E-state index contributed by atoms with van der Waals surface area (Å²) in [5, 5.41) is 2.70. The number of rotatable bonds is 7. The summed E-state index contributed by atoms with van der Waals surface area (Å²) in [4.78, 5) is 23.3. The minimum absolute atomic E-state index is 0.185. The van der Waals surface area contributed by atoms with E-state index in [4.69, 9.17) is 10.5 Å².